The molecule has 1 unspecified atom stereocenters. The molecule has 1 aliphatic heterocycles. The van der Waals surface area contributed by atoms with E-state index in [0.29, 0.717) is 38.3 Å². The number of aliphatic hydroxyl groups is 1. The molecule has 6 nitrogen and oxygen atoms in total. The first-order valence-electron chi connectivity index (χ1n) is 7.75. The van der Waals surface area contributed by atoms with Gasteiger partial charge in [-0.3, -0.25) is 4.90 Å². The Bertz CT molecular complexity index is 653. The molecule has 9 heteroatoms. The molecule has 1 aromatic carbocycles. The van der Waals surface area contributed by atoms with Crippen LogP contribution in [0.5, 0.6) is 0 Å². The maximum atomic E-state index is 12.6. The van der Waals surface area contributed by atoms with Crippen molar-refractivity contribution in [3.05, 3.63) is 36.2 Å². The highest BCUT2D eigenvalue weighted by atomic mass is 19.4. The van der Waals surface area contributed by atoms with Gasteiger partial charge in [0, 0.05) is 0 Å². The van der Waals surface area contributed by atoms with Gasteiger partial charge in [-0.1, -0.05) is 18.2 Å². The van der Waals surface area contributed by atoms with Crippen molar-refractivity contribution in [3.63, 3.8) is 0 Å². The van der Waals surface area contributed by atoms with Gasteiger partial charge >= 0.3 is 6.18 Å². The van der Waals surface area contributed by atoms with Crippen LogP contribution in [0.3, 0.4) is 0 Å². The first-order chi connectivity index (χ1) is 11.4. The van der Waals surface area contributed by atoms with Crippen molar-refractivity contribution in [3.8, 4) is 5.69 Å². The third kappa shape index (κ3) is 3.73. The average molecular weight is 341 g/mol. The molecule has 2 heterocycles. The van der Waals surface area contributed by atoms with E-state index in [1.165, 1.54) is 0 Å². The monoisotopic (exact) mass is 341 g/mol. The van der Waals surface area contributed by atoms with Gasteiger partial charge in [0.25, 0.3) is 0 Å². The third-order valence-electron chi connectivity index (χ3n) is 4.31. The largest absolute Gasteiger partial charge is 0.414 e. The Labute approximate surface area is 136 Å². The second-order valence-electron chi connectivity index (χ2n) is 5.94. The summed E-state index contributed by atoms with van der Waals surface area (Å²) in [5.74, 6) is -0.109. The lowest BCUT2D eigenvalue weighted by Crippen LogP contribution is -2.43. The molecule has 0 spiro atoms. The number of tetrazole rings is 1. The number of alkyl halides is 3. The first-order valence-corrected chi connectivity index (χ1v) is 7.75. The van der Waals surface area contributed by atoms with Crippen LogP contribution in [0.15, 0.2) is 30.3 Å². The Balaban J connectivity index is 1.61. The number of aliphatic hydroxyl groups excluding tert-OH is 1. The molecule has 130 valence electrons. The Morgan fingerprint density at radius 3 is 2.46 bits per heavy atom. The van der Waals surface area contributed by atoms with Crippen LogP contribution in [0.1, 0.15) is 18.7 Å². The van der Waals surface area contributed by atoms with Gasteiger partial charge in [0.15, 0.2) is 11.9 Å². The highest BCUT2D eigenvalue weighted by Crippen LogP contribution is 2.31. The number of benzene rings is 1. The molecule has 1 fully saturated rings. The summed E-state index contributed by atoms with van der Waals surface area (Å²) in [5, 5.41) is 21.0. The molecule has 2 aromatic rings. The first kappa shape index (κ1) is 16.8. The fourth-order valence-corrected chi connectivity index (χ4v) is 2.97. The topological polar surface area (TPSA) is 67.1 Å². The number of aromatic nitrogens is 4. The van der Waals surface area contributed by atoms with E-state index in [1.54, 1.807) is 4.68 Å². The molecule has 0 aliphatic carbocycles. The number of nitrogens with zero attached hydrogens (tertiary/aromatic N) is 5. The summed E-state index contributed by atoms with van der Waals surface area (Å²) in [4.78, 5) is 2.00. The highest BCUT2D eigenvalue weighted by molar-refractivity contribution is 5.30. The average Bonchev–Trinajstić information content (AvgIpc) is 3.03. The van der Waals surface area contributed by atoms with Gasteiger partial charge < -0.3 is 5.11 Å². The van der Waals surface area contributed by atoms with E-state index in [0.717, 1.165) is 5.69 Å². The van der Waals surface area contributed by atoms with E-state index in [-0.39, 0.29) is 0 Å². The Hall–Kier alpha value is -2.00. The van der Waals surface area contributed by atoms with E-state index in [2.05, 4.69) is 15.5 Å². The highest BCUT2D eigenvalue weighted by Gasteiger charge is 2.44. The summed E-state index contributed by atoms with van der Waals surface area (Å²) in [6, 6.07) is 9.41. The van der Waals surface area contributed by atoms with Gasteiger partial charge in [-0.2, -0.15) is 17.9 Å². The number of hydrogen-bond acceptors (Lipinski definition) is 5. The zero-order valence-electron chi connectivity index (χ0n) is 12.9. The summed E-state index contributed by atoms with van der Waals surface area (Å²) in [6.45, 7) is 1.40. The van der Waals surface area contributed by atoms with Crippen LogP contribution in [-0.2, 0) is 6.54 Å². The lowest BCUT2D eigenvalue weighted by atomic mass is 9.91. The molecule has 1 aromatic heterocycles. The van der Waals surface area contributed by atoms with E-state index in [1.807, 2.05) is 35.2 Å². The van der Waals surface area contributed by atoms with Crippen LogP contribution in [0, 0.1) is 5.92 Å². The predicted octanol–water partition coefficient (Wildman–Crippen LogP) is 1.80. The third-order valence-corrected chi connectivity index (χ3v) is 4.31. The van der Waals surface area contributed by atoms with Crippen molar-refractivity contribution in [2.75, 3.05) is 13.1 Å². The molecule has 1 N–H and O–H groups in total. The van der Waals surface area contributed by atoms with Gasteiger partial charge in [-0.15, -0.1) is 5.10 Å². The molecule has 0 radical (unpaired) electrons. The number of para-hydroxylation sites is 1. The van der Waals surface area contributed by atoms with Crippen LogP contribution >= 0.6 is 0 Å². The number of rotatable bonds is 4. The van der Waals surface area contributed by atoms with Crippen LogP contribution in [0.25, 0.3) is 5.69 Å². The molecule has 1 aliphatic rings. The number of halogens is 3. The van der Waals surface area contributed by atoms with Crippen LogP contribution in [0.2, 0.25) is 0 Å². The smallest absolute Gasteiger partial charge is 0.383 e. The normalized spacial score (nSPS) is 18.7. The van der Waals surface area contributed by atoms with E-state index in [4.69, 9.17) is 0 Å². The van der Waals surface area contributed by atoms with Crippen molar-refractivity contribution in [1.82, 2.24) is 25.1 Å². The second kappa shape index (κ2) is 6.86. The fraction of sp³-hybridized carbons (Fsp3) is 0.533. The maximum absolute atomic E-state index is 12.6. The van der Waals surface area contributed by atoms with Gasteiger partial charge in [0.2, 0.25) is 0 Å². The Kier molecular flexibility index (Phi) is 4.81. The fourth-order valence-electron chi connectivity index (χ4n) is 2.97. The molecule has 3 rings (SSSR count). The minimum atomic E-state index is -4.55. The lowest BCUT2D eigenvalue weighted by Gasteiger charge is -2.34. The summed E-state index contributed by atoms with van der Waals surface area (Å²) in [6.07, 6.45) is -6.19. The lowest BCUT2D eigenvalue weighted by molar-refractivity contribution is -0.223. The molecule has 0 bridgehead atoms. The Morgan fingerprint density at radius 1 is 1.17 bits per heavy atom. The minimum Gasteiger partial charge on any atom is -0.383 e. The molecule has 0 saturated carbocycles. The molecule has 0 amide bonds. The zero-order chi connectivity index (χ0) is 17.2. The van der Waals surface area contributed by atoms with Crippen molar-refractivity contribution >= 4 is 0 Å². The molecular formula is C15H18F3N5O. The number of hydrogen-bond donors (Lipinski definition) is 1. The van der Waals surface area contributed by atoms with E-state index >= 15 is 0 Å². The SMILES string of the molecule is OC(C1CCN(Cc2nnnn2-c2ccccc2)CC1)C(F)(F)F. The van der Waals surface area contributed by atoms with Crippen LogP contribution in [0.4, 0.5) is 13.2 Å². The van der Waals surface area contributed by atoms with Gasteiger partial charge in [0.1, 0.15) is 0 Å². The van der Waals surface area contributed by atoms with Crippen molar-refractivity contribution < 1.29 is 18.3 Å². The minimum absolute atomic E-state index is 0.299. The molecule has 1 saturated heterocycles. The maximum Gasteiger partial charge on any atom is 0.414 e. The summed E-state index contributed by atoms with van der Waals surface area (Å²) >= 11 is 0. The number of likely N-dealkylation sites (tertiary alicyclic amines) is 1. The van der Waals surface area contributed by atoms with E-state index < -0.39 is 18.2 Å². The van der Waals surface area contributed by atoms with Crippen molar-refractivity contribution in [2.45, 2.75) is 31.7 Å². The summed E-state index contributed by atoms with van der Waals surface area (Å²) < 4.78 is 39.4. The molecular weight excluding hydrogens is 323 g/mol. The zero-order valence-corrected chi connectivity index (χ0v) is 12.9. The second-order valence-corrected chi connectivity index (χ2v) is 5.94. The van der Waals surface area contributed by atoms with Crippen LogP contribution < -0.4 is 0 Å². The summed E-state index contributed by atoms with van der Waals surface area (Å²) in [7, 11) is 0. The van der Waals surface area contributed by atoms with Crippen molar-refractivity contribution in [2.24, 2.45) is 5.92 Å². The van der Waals surface area contributed by atoms with Crippen LogP contribution in [-0.4, -0.2) is 55.6 Å². The van der Waals surface area contributed by atoms with E-state index in [9.17, 15) is 18.3 Å². The molecule has 24 heavy (non-hydrogen) atoms. The quantitative estimate of drug-likeness (QED) is 0.918. The van der Waals surface area contributed by atoms with Crippen molar-refractivity contribution in [1.29, 1.82) is 0 Å². The predicted molar refractivity (Wildman–Crippen MR) is 79.2 cm³/mol. The van der Waals surface area contributed by atoms with Gasteiger partial charge in [-0.25, -0.2) is 0 Å². The van der Waals surface area contributed by atoms with Gasteiger partial charge in [0.05, 0.1) is 12.2 Å². The molecule has 1 atom stereocenters. The standard InChI is InChI=1S/C15H18F3N5O/c16-15(17,18)14(24)11-6-8-22(9-7-11)10-13-19-20-21-23(13)12-4-2-1-3-5-12/h1-5,11,14,24H,6-10H2. The number of piperidine rings is 1. The Morgan fingerprint density at radius 2 is 1.83 bits per heavy atom. The van der Waals surface area contributed by atoms with Gasteiger partial charge in [-0.05, 0) is 54.4 Å². The summed E-state index contributed by atoms with van der Waals surface area (Å²) in [5.41, 5.74) is 0.833.